The molecule has 0 aliphatic carbocycles. The molecule has 3 unspecified atom stereocenters. The summed E-state index contributed by atoms with van der Waals surface area (Å²) in [7, 11) is 0. The van der Waals surface area contributed by atoms with Crippen LogP contribution in [0.1, 0.15) is 45.6 Å². The number of aliphatic hydroxyl groups excluding tert-OH is 1. The highest BCUT2D eigenvalue weighted by atomic mass is 79.9. The molecule has 1 spiro atoms. The van der Waals surface area contributed by atoms with Gasteiger partial charge in [0.1, 0.15) is 6.04 Å². The van der Waals surface area contributed by atoms with Gasteiger partial charge in [0.15, 0.2) is 0 Å². The van der Waals surface area contributed by atoms with Crippen molar-refractivity contribution in [2.24, 2.45) is 17.8 Å². The van der Waals surface area contributed by atoms with Gasteiger partial charge in [-0.25, -0.2) is 0 Å². The van der Waals surface area contributed by atoms with E-state index in [1.54, 1.807) is 38.6 Å². The number of hydrogen-bond acceptors (Lipinski definition) is 5. The van der Waals surface area contributed by atoms with Crippen molar-refractivity contribution in [1.82, 2.24) is 14.7 Å². The third-order valence-electron chi connectivity index (χ3n) is 9.12. The fourth-order valence-electron chi connectivity index (χ4n) is 7.09. The maximum atomic E-state index is 14.7. The summed E-state index contributed by atoms with van der Waals surface area (Å²) in [5, 5.41) is 10.5. The number of carbonyl (C=O) groups excluding carboxylic acids is 3. The molecule has 3 fully saturated rings. The summed E-state index contributed by atoms with van der Waals surface area (Å²) in [5.41, 5.74) is 0.989. The molecule has 3 aliphatic rings. The van der Waals surface area contributed by atoms with E-state index in [1.165, 1.54) is 0 Å². The van der Waals surface area contributed by atoms with Crippen LogP contribution >= 0.6 is 27.7 Å². The maximum absolute atomic E-state index is 14.7. The zero-order valence-corrected chi connectivity index (χ0v) is 26.9. The molecule has 3 heterocycles. The number of amides is 3. The lowest BCUT2D eigenvalue weighted by atomic mass is 9.70. The topological polar surface area (TPSA) is 81.2 Å². The van der Waals surface area contributed by atoms with Crippen molar-refractivity contribution in [1.29, 1.82) is 0 Å². The van der Waals surface area contributed by atoms with Gasteiger partial charge in [-0.1, -0.05) is 85.6 Å². The van der Waals surface area contributed by atoms with Gasteiger partial charge >= 0.3 is 0 Å². The summed E-state index contributed by atoms with van der Waals surface area (Å²) >= 11 is 5.51. The first kappa shape index (κ1) is 31.8. The van der Waals surface area contributed by atoms with Crippen LogP contribution in [0.2, 0.25) is 0 Å². The van der Waals surface area contributed by atoms with E-state index < -0.39 is 28.7 Å². The van der Waals surface area contributed by atoms with Crippen LogP contribution < -0.4 is 0 Å². The molecule has 3 saturated heterocycles. The van der Waals surface area contributed by atoms with Crippen LogP contribution in [0, 0.1) is 17.8 Å². The largest absolute Gasteiger partial charge is 0.394 e. The molecule has 8 atom stereocenters. The van der Waals surface area contributed by atoms with Crippen molar-refractivity contribution < 1.29 is 19.5 Å². The molecule has 0 saturated carbocycles. The van der Waals surface area contributed by atoms with Crippen LogP contribution in [0.3, 0.4) is 0 Å². The van der Waals surface area contributed by atoms with E-state index >= 15 is 0 Å². The standard InChI is InChI=1S/C32H44BrN3O4S/c1-6-15-34(16-7-2)29(38)25-26-30(39)36(24(20-37)21(5)9-4)28(32(26)18-23(33)27(25)41-32)31(40)35(17-8-3)19-22-13-11-10-12-14-22/h6,8,10-14,21,23-28,37H,1,3,7,9,15-20H2,2,4-5H3/t21-,23?,24-,25-,26-,27-,28?,32?/m0/s1. The van der Waals surface area contributed by atoms with Gasteiger partial charge in [0.2, 0.25) is 17.7 Å². The van der Waals surface area contributed by atoms with Crippen LogP contribution in [0.15, 0.2) is 55.6 Å². The number of likely N-dealkylation sites (tertiary alicyclic amines) is 1. The fraction of sp³-hybridized carbons (Fsp3) is 0.594. The fourth-order valence-corrected chi connectivity index (χ4v) is 10.7. The van der Waals surface area contributed by atoms with Gasteiger partial charge in [-0.2, -0.15) is 0 Å². The second-order valence-corrected chi connectivity index (χ2v) is 14.3. The molecule has 3 aliphatic heterocycles. The van der Waals surface area contributed by atoms with E-state index in [0.29, 0.717) is 32.6 Å². The molecule has 9 heteroatoms. The summed E-state index contributed by atoms with van der Waals surface area (Å²) in [4.78, 5) is 48.8. The molecule has 1 aromatic rings. The first-order valence-electron chi connectivity index (χ1n) is 14.8. The van der Waals surface area contributed by atoms with Gasteiger partial charge in [-0.05, 0) is 24.3 Å². The van der Waals surface area contributed by atoms with E-state index in [9.17, 15) is 19.5 Å². The Kier molecular flexibility index (Phi) is 10.5. The Labute approximate surface area is 257 Å². The minimum Gasteiger partial charge on any atom is -0.394 e. The Morgan fingerprint density at radius 2 is 1.83 bits per heavy atom. The molecule has 2 bridgehead atoms. The number of thioether (sulfide) groups is 1. The van der Waals surface area contributed by atoms with E-state index in [1.807, 2.05) is 51.1 Å². The van der Waals surface area contributed by atoms with Crippen LogP contribution in [-0.4, -0.2) is 90.7 Å². The zero-order chi connectivity index (χ0) is 29.9. The van der Waals surface area contributed by atoms with Gasteiger partial charge in [-0.15, -0.1) is 24.9 Å². The van der Waals surface area contributed by atoms with E-state index in [0.717, 1.165) is 18.4 Å². The molecule has 0 aromatic heterocycles. The summed E-state index contributed by atoms with van der Waals surface area (Å²) in [5.74, 6) is -1.57. The summed E-state index contributed by atoms with van der Waals surface area (Å²) in [6.07, 6.45) is 5.60. The minimum atomic E-state index is -0.790. The van der Waals surface area contributed by atoms with Crippen LogP contribution in [0.5, 0.6) is 0 Å². The number of aliphatic hydroxyl groups is 1. The zero-order valence-electron chi connectivity index (χ0n) is 24.5. The number of rotatable bonds is 14. The van der Waals surface area contributed by atoms with Gasteiger partial charge in [0.05, 0.1) is 29.2 Å². The average molecular weight is 647 g/mol. The molecular weight excluding hydrogens is 602 g/mol. The van der Waals surface area contributed by atoms with Crippen molar-refractivity contribution in [2.75, 3.05) is 26.2 Å². The van der Waals surface area contributed by atoms with Crippen molar-refractivity contribution >= 4 is 45.4 Å². The second kappa shape index (κ2) is 13.5. The quantitative estimate of drug-likeness (QED) is 0.238. The predicted molar refractivity (Wildman–Crippen MR) is 169 cm³/mol. The molecular formula is C32H44BrN3O4S. The molecule has 4 rings (SSSR count). The number of benzene rings is 1. The molecule has 3 amide bonds. The van der Waals surface area contributed by atoms with Gasteiger partial charge in [0.25, 0.3) is 0 Å². The first-order valence-corrected chi connectivity index (χ1v) is 16.6. The smallest absolute Gasteiger partial charge is 0.247 e. The Bertz CT molecular complexity index is 1140. The highest BCUT2D eigenvalue weighted by Crippen LogP contribution is 2.68. The minimum absolute atomic E-state index is 0.00823. The number of alkyl halides is 1. The lowest BCUT2D eigenvalue weighted by Gasteiger charge is -2.41. The summed E-state index contributed by atoms with van der Waals surface area (Å²) in [6.45, 7) is 15.3. The second-order valence-electron chi connectivity index (χ2n) is 11.6. The number of halogens is 1. The highest BCUT2D eigenvalue weighted by molar-refractivity contribution is 9.09. The molecule has 1 N–H and O–H groups in total. The first-order chi connectivity index (χ1) is 19.7. The highest BCUT2D eigenvalue weighted by Gasteiger charge is 2.76. The normalized spacial score (nSPS) is 29.6. The van der Waals surface area contributed by atoms with Crippen molar-refractivity contribution in [3.05, 3.63) is 61.2 Å². The van der Waals surface area contributed by atoms with Crippen molar-refractivity contribution in [2.45, 2.75) is 73.5 Å². The van der Waals surface area contributed by atoms with Crippen LogP contribution in [0.25, 0.3) is 0 Å². The molecule has 41 heavy (non-hydrogen) atoms. The van der Waals surface area contributed by atoms with Crippen LogP contribution in [0.4, 0.5) is 0 Å². The van der Waals surface area contributed by atoms with Gasteiger partial charge in [0, 0.05) is 36.3 Å². The van der Waals surface area contributed by atoms with E-state index in [-0.39, 0.29) is 40.3 Å². The van der Waals surface area contributed by atoms with Gasteiger partial charge in [-0.3, -0.25) is 14.4 Å². The van der Waals surface area contributed by atoms with E-state index in [2.05, 4.69) is 29.1 Å². The molecule has 0 radical (unpaired) electrons. The number of nitrogens with zero attached hydrogens (tertiary/aromatic N) is 3. The number of hydrogen-bond donors (Lipinski definition) is 1. The summed E-state index contributed by atoms with van der Waals surface area (Å²) in [6, 6.07) is 8.49. The lowest BCUT2D eigenvalue weighted by molar-refractivity contribution is -0.148. The summed E-state index contributed by atoms with van der Waals surface area (Å²) < 4.78 is -0.767. The predicted octanol–water partition coefficient (Wildman–Crippen LogP) is 4.50. The monoisotopic (exact) mass is 645 g/mol. The van der Waals surface area contributed by atoms with E-state index in [4.69, 9.17) is 0 Å². The Morgan fingerprint density at radius 3 is 2.41 bits per heavy atom. The maximum Gasteiger partial charge on any atom is 0.247 e. The van der Waals surface area contributed by atoms with Crippen LogP contribution in [-0.2, 0) is 20.9 Å². The van der Waals surface area contributed by atoms with Gasteiger partial charge < -0.3 is 19.8 Å². The third kappa shape index (κ3) is 5.66. The Hall–Kier alpha value is -2.10. The Morgan fingerprint density at radius 1 is 1.17 bits per heavy atom. The van der Waals surface area contributed by atoms with Crippen molar-refractivity contribution in [3.63, 3.8) is 0 Å². The average Bonchev–Trinajstić information content (AvgIpc) is 3.56. The molecule has 1 aromatic carbocycles. The third-order valence-corrected chi connectivity index (χ3v) is 12.3. The Balaban J connectivity index is 1.82. The van der Waals surface area contributed by atoms with Crippen molar-refractivity contribution in [3.8, 4) is 0 Å². The molecule has 224 valence electrons. The lowest BCUT2D eigenvalue weighted by Crippen LogP contribution is -2.58. The SMILES string of the molecule is C=CCN(Cc1ccccc1)C(=O)C1N([C@@H](CO)[C@@H](C)CC)C(=O)[C@@H]2[C@H](C(=O)N(CC=C)CCC)[C@H]3SC12CC3Br. The number of fused-ring (bicyclic) bond motifs is 1. The number of carbonyl (C=O) groups is 3. The molecule has 7 nitrogen and oxygen atoms in total.